The van der Waals surface area contributed by atoms with Gasteiger partial charge in [0, 0.05) is 2.74 Å². The molecule has 0 aliphatic carbocycles. The third-order valence-electron chi connectivity index (χ3n) is 7.27. The van der Waals surface area contributed by atoms with Gasteiger partial charge in [-0.1, -0.05) is 176 Å². The molecule has 0 fully saturated rings. The van der Waals surface area contributed by atoms with E-state index in [4.69, 9.17) is 2.74 Å². The average Bonchev–Trinajstić information content (AvgIpc) is 2.73. The molecule has 0 aliphatic rings. The van der Waals surface area contributed by atoms with Gasteiger partial charge in [-0.05, 0) is 17.8 Å². The van der Waals surface area contributed by atoms with Gasteiger partial charge in [-0.3, -0.25) is 0 Å². The van der Waals surface area contributed by atoms with E-state index in [0.29, 0.717) is 0 Å². The molecule has 0 heteroatoms. The highest BCUT2D eigenvalue weighted by Gasteiger charge is 2.05. The molecule has 0 aliphatic heterocycles. The van der Waals surface area contributed by atoms with Crippen LogP contribution in [0.15, 0.2) is 0 Å². The maximum absolute atomic E-state index is 7.79. The topological polar surface area (TPSA) is 0 Å². The summed E-state index contributed by atoms with van der Waals surface area (Å²) >= 11 is 0. The van der Waals surface area contributed by atoms with Crippen molar-refractivity contribution in [2.45, 2.75) is 176 Å². The molecule has 30 heavy (non-hydrogen) atoms. The smallest absolute Gasteiger partial charge is 0.0266 e. The van der Waals surface area contributed by atoms with Gasteiger partial charge >= 0.3 is 0 Å². The van der Waals surface area contributed by atoms with Gasteiger partial charge in [0.05, 0.1) is 0 Å². The molecule has 3 atom stereocenters. The molecule has 0 N–H and O–H groups in total. The molecule has 0 heterocycles. The van der Waals surface area contributed by atoms with E-state index in [2.05, 4.69) is 27.7 Å². The SMILES string of the molecule is [2H]C([2H])(C)C(C)CCCC(C)CCCCCCCC(C)CCCCCCCCCCCC. The van der Waals surface area contributed by atoms with Crippen LogP contribution in [0, 0.1) is 17.8 Å². The summed E-state index contributed by atoms with van der Waals surface area (Å²) in [4.78, 5) is 0. The molecule has 0 spiro atoms. The van der Waals surface area contributed by atoms with Crippen molar-refractivity contribution in [2.24, 2.45) is 17.8 Å². The van der Waals surface area contributed by atoms with Gasteiger partial charge in [0.1, 0.15) is 0 Å². The molecule has 0 aromatic carbocycles. The second-order valence-corrected chi connectivity index (χ2v) is 10.6. The van der Waals surface area contributed by atoms with Crippen molar-refractivity contribution in [3.05, 3.63) is 0 Å². The van der Waals surface area contributed by atoms with Gasteiger partial charge in [0.25, 0.3) is 0 Å². The number of unbranched alkanes of at least 4 members (excludes halogenated alkanes) is 13. The fraction of sp³-hybridized carbons (Fsp3) is 1.00. The molecule has 0 nitrogen and oxygen atoms in total. The number of hydrogen-bond donors (Lipinski definition) is 0. The van der Waals surface area contributed by atoms with Crippen molar-refractivity contribution in [1.82, 2.24) is 0 Å². The zero-order valence-corrected chi connectivity index (χ0v) is 22.1. The first-order valence-corrected chi connectivity index (χ1v) is 14.3. The Morgan fingerprint density at radius 2 is 0.700 bits per heavy atom. The Balaban J connectivity index is 3.36. The highest BCUT2D eigenvalue weighted by Crippen LogP contribution is 2.21. The molecule has 0 radical (unpaired) electrons. The van der Waals surface area contributed by atoms with Crippen LogP contribution in [0.5, 0.6) is 0 Å². The Morgan fingerprint density at radius 3 is 1.07 bits per heavy atom. The van der Waals surface area contributed by atoms with E-state index < -0.39 is 6.37 Å². The van der Waals surface area contributed by atoms with Crippen LogP contribution in [0.25, 0.3) is 0 Å². The normalized spacial score (nSPS) is 16.2. The maximum atomic E-state index is 7.79. The zero-order valence-electron chi connectivity index (χ0n) is 24.1. The van der Waals surface area contributed by atoms with E-state index in [1.54, 1.807) is 6.92 Å². The molecular weight excluding hydrogens is 360 g/mol. The lowest BCUT2D eigenvalue weighted by atomic mass is 9.93. The quantitative estimate of drug-likeness (QED) is 0.135. The second-order valence-electron chi connectivity index (χ2n) is 10.6. The Labute approximate surface area is 196 Å². The molecule has 0 bridgehead atoms. The highest BCUT2D eigenvalue weighted by molar-refractivity contribution is 4.59. The predicted octanol–water partition coefficient (Wildman–Crippen LogP) is 11.5. The summed E-state index contributed by atoms with van der Waals surface area (Å²) < 4.78 is 15.6. The first-order chi connectivity index (χ1) is 15.3. The predicted molar refractivity (Wildman–Crippen MR) is 140 cm³/mol. The molecule has 0 saturated heterocycles. The monoisotopic (exact) mass is 424 g/mol. The molecule has 0 rings (SSSR count). The molecule has 0 aromatic rings. The average molecular weight is 425 g/mol. The summed E-state index contributed by atoms with van der Waals surface area (Å²) in [6, 6.07) is 0. The van der Waals surface area contributed by atoms with Gasteiger partial charge in [-0.15, -0.1) is 0 Å². The minimum atomic E-state index is -1.02. The standard InChI is InChI=1S/C30H62/c1-6-8-9-10-11-12-13-14-16-19-23-29(4)24-20-17-15-18-21-25-30(5)27-22-26-28(3)7-2/h28-30H,6-27H2,1-5H3/i7D2. The zero-order chi connectivity index (χ0) is 24.1. The Bertz CT molecular complexity index is 374. The van der Waals surface area contributed by atoms with Crippen LogP contribution in [0.2, 0.25) is 0 Å². The second kappa shape index (κ2) is 23.7. The first-order valence-electron chi connectivity index (χ1n) is 15.3. The molecule has 0 saturated carbocycles. The van der Waals surface area contributed by atoms with Crippen LogP contribution in [0.1, 0.15) is 179 Å². The van der Waals surface area contributed by atoms with Crippen LogP contribution in [0.4, 0.5) is 0 Å². The van der Waals surface area contributed by atoms with Crippen molar-refractivity contribution in [2.75, 3.05) is 0 Å². The summed E-state index contributed by atoms with van der Waals surface area (Å²) in [6.45, 7) is 10.9. The van der Waals surface area contributed by atoms with Crippen molar-refractivity contribution in [3.63, 3.8) is 0 Å². The first kappa shape index (κ1) is 26.3. The Morgan fingerprint density at radius 1 is 0.400 bits per heavy atom. The van der Waals surface area contributed by atoms with Crippen molar-refractivity contribution < 1.29 is 2.74 Å². The molecule has 3 unspecified atom stereocenters. The van der Waals surface area contributed by atoms with E-state index in [9.17, 15) is 0 Å². The van der Waals surface area contributed by atoms with Gasteiger partial charge in [-0.2, -0.15) is 0 Å². The lowest BCUT2D eigenvalue weighted by molar-refractivity contribution is 0.401. The number of rotatable bonds is 24. The van der Waals surface area contributed by atoms with Crippen LogP contribution < -0.4 is 0 Å². The minimum absolute atomic E-state index is 0.183. The molecular formula is C30H62. The maximum Gasteiger partial charge on any atom is 0.0266 e. The lowest BCUT2D eigenvalue weighted by Crippen LogP contribution is -1.98. The fourth-order valence-electron chi connectivity index (χ4n) is 4.70. The van der Waals surface area contributed by atoms with E-state index in [1.807, 2.05) is 0 Å². The summed E-state index contributed by atoms with van der Waals surface area (Å²) in [6.07, 6.45) is 28.3. The van der Waals surface area contributed by atoms with Gasteiger partial charge in [0.15, 0.2) is 0 Å². The van der Waals surface area contributed by atoms with E-state index in [1.165, 1.54) is 128 Å². The van der Waals surface area contributed by atoms with E-state index in [0.717, 1.165) is 18.3 Å². The Kier molecular flexibility index (Phi) is 20.7. The Hall–Kier alpha value is 0. The van der Waals surface area contributed by atoms with E-state index in [-0.39, 0.29) is 5.92 Å². The summed E-state index contributed by atoms with van der Waals surface area (Å²) in [7, 11) is 0. The molecule has 0 aromatic heterocycles. The lowest BCUT2D eigenvalue weighted by Gasteiger charge is -2.13. The highest BCUT2D eigenvalue weighted by atomic mass is 14.1. The van der Waals surface area contributed by atoms with Crippen LogP contribution in [-0.2, 0) is 0 Å². The van der Waals surface area contributed by atoms with Crippen LogP contribution in [-0.4, -0.2) is 0 Å². The summed E-state index contributed by atoms with van der Waals surface area (Å²) in [5.41, 5.74) is 0. The summed E-state index contributed by atoms with van der Waals surface area (Å²) in [5, 5.41) is 0. The van der Waals surface area contributed by atoms with Gasteiger partial charge < -0.3 is 0 Å². The van der Waals surface area contributed by atoms with E-state index >= 15 is 0 Å². The van der Waals surface area contributed by atoms with Gasteiger partial charge in [-0.25, -0.2) is 0 Å². The van der Waals surface area contributed by atoms with Crippen molar-refractivity contribution in [3.8, 4) is 0 Å². The largest absolute Gasteiger partial charge is 0.0654 e. The molecule has 0 amide bonds. The molecule has 182 valence electrons. The van der Waals surface area contributed by atoms with Gasteiger partial charge in [0.2, 0.25) is 0 Å². The van der Waals surface area contributed by atoms with Crippen molar-refractivity contribution >= 4 is 0 Å². The van der Waals surface area contributed by atoms with Crippen LogP contribution >= 0.6 is 0 Å². The number of hydrogen-bond acceptors (Lipinski definition) is 0. The third kappa shape index (κ3) is 22.7. The van der Waals surface area contributed by atoms with Crippen molar-refractivity contribution in [1.29, 1.82) is 0 Å². The fourth-order valence-corrected chi connectivity index (χ4v) is 4.70. The third-order valence-corrected chi connectivity index (χ3v) is 7.27. The van der Waals surface area contributed by atoms with Crippen LogP contribution in [0.3, 0.4) is 0 Å². The minimum Gasteiger partial charge on any atom is -0.0654 e. The summed E-state index contributed by atoms with van der Waals surface area (Å²) in [5.74, 6) is 1.92.